The largest absolute Gasteiger partial charge is 0.316 e. The minimum absolute atomic E-state index is 0.584. The fourth-order valence-electron chi connectivity index (χ4n) is 1.80. The molecule has 1 aliphatic rings. The van der Waals surface area contributed by atoms with E-state index in [4.69, 9.17) is 0 Å². The summed E-state index contributed by atoms with van der Waals surface area (Å²) in [5, 5.41) is 7.81. The lowest BCUT2D eigenvalue weighted by molar-refractivity contribution is 0.160. The smallest absolute Gasteiger partial charge is 0.00233 e. The molecule has 1 aliphatic heterocycles. The van der Waals surface area contributed by atoms with Crippen LogP contribution in [0.25, 0.3) is 0 Å². The molecule has 2 heteroatoms. The van der Waals surface area contributed by atoms with Crippen LogP contribution in [0.1, 0.15) is 18.9 Å². The summed E-state index contributed by atoms with van der Waals surface area (Å²) in [5.74, 6) is 0. The van der Waals surface area contributed by atoms with Crippen LogP contribution in [0.15, 0.2) is 16.8 Å². The maximum absolute atomic E-state index is 3.37. The second-order valence-corrected chi connectivity index (χ2v) is 4.55. The highest BCUT2D eigenvalue weighted by atomic mass is 32.1. The third-order valence-corrected chi connectivity index (χ3v) is 3.64. The van der Waals surface area contributed by atoms with E-state index in [0.717, 1.165) is 0 Å². The van der Waals surface area contributed by atoms with E-state index in [9.17, 15) is 0 Å². The normalized spacial score (nSPS) is 20.4. The molecule has 2 rings (SSSR count). The van der Waals surface area contributed by atoms with Gasteiger partial charge in [-0.1, -0.05) is 6.92 Å². The second kappa shape index (κ2) is 3.19. The lowest BCUT2D eigenvalue weighted by Crippen LogP contribution is -2.54. The van der Waals surface area contributed by atoms with Gasteiger partial charge in [-0.05, 0) is 40.6 Å². The predicted molar refractivity (Wildman–Crippen MR) is 53.6 cm³/mol. The maximum Gasteiger partial charge on any atom is 0.00233 e. The standard InChI is InChI=1S/C10H15NS/c1-2-10(7-11-8-10)5-9-3-4-12-6-9/h3-4,6,11H,2,5,7-8H2,1H3. The number of hydrogen-bond donors (Lipinski definition) is 1. The minimum Gasteiger partial charge on any atom is -0.316 e. The molecular formula is C10H15NS. The molecule has 0 saturated carbocycles. The molecule has 1 aromatic heterocycles. The summed E-state index contributed by atoms with van der Waals surface area (Å²) >= 11 is 1.80. The number of hydrogen-bond acceptors (Lipinski definition) is 2. The molecular weight excluding hydrogens is 166 g/mol. The van der Waals surface area contributed by atoms with Crippen molar-refractivity contribution in [3.8, 4) is 0 Å². The second-order valence-electron chi connectivity index (χ2n) is 3.77. The van der Waals surface area contributed by atoms with Crippen LogP contribution in [0, 0.1) is 5.41 Å². The van der Waals surface area contributed by atoms with Gasteiger partial charge in [0.25, 0.3) is 0 Å². The van der Waals surface area contributed by atoms with E-state index in [2.05, 4.69) is 29.1 Å². The van der Waals surface area contributed by atoms with Crippen molar-refractivity contribution in [1.82, 2.24) is 5.32 Å². The van der Waals surface area contributed by atoms with Gasteiger partial charge in [-0.25, -0.2) is 0 Å². The zero-order valence-electron chi connectivity index (χ0n) is 7.47. The first kappa shape index (κ1) is 8.27. The maximum atomic E-state index is 3.37. The molecule has 1 N–H and O–H groups in total. The Morgan fingerprint density at radius 3 is 2.83 bits per heavy atom. The Morgan fingerprint density at radius 2 is 2.42 bits per heavy atom. The van der Waals surface area contributed by atoms with Gasteiger partial charge in [0.1, 0.15) is 0 Å². The van der Waals surface area contributed by atoms with Crippen molar-refractivity contribution in [2.24, 2.45) is 5.41 Å². The average molecular weight is 181 g/mol. The van der Waals surface area contributed by atoms with Gasteiger partial charge in [0, 0.05) is 13.1 Å². The highest BCUT2D eigenvalue weighted by Crippen LogP contribution is 2.31. The van der Waals surface area contributed by atoms with Crippen molar-refractivity contribution in [1.29, 1.82) is 0 Å². The summed E-state index contributed by atoms with van der Waals surface area (Å²) in [4.78, 5) is 0. The van der Waals surface area contributed by atoms with Crippen LogP contribution in [0.2, 0.25) is 0 Å². The Bertz CT molecular complexity index is 231. The molecule has 0 atom stereocenters. The molecule has 66 valence electrons. The van der Waals surface area contributed by atoms with Gasteiger partial charge in [0.05, 0.1) is 0 Å². The van der Waals surface area contributed by atoms with Gasteiger partial charge in [-0.15, -0.1) is 0 Å². The van der Waals surface area contributed by atoms with Crippen LogP contribution in [0.4, 0.5) is 0 Å². The van der Waals surface area contributed by atoms with E-state index >= 15 is 0 Å². The summed E-state index contributed by atoms with van der Waals surface area (Å²) in [6.07, 6.45) is 2.57. The van der Waals surface area contributed by atoms with Crippen LogP contribution >= 0.6 is 11.3 Å². The molecule has 12 heavy (non-hydrogen) atoms. The molecule has 2 heterocycles. The van der Waals surface area contributed by atoms with Crippen LogP contribution in [-0.2, 0) is 6.42 Å². The topological polar surface area (TPSA) is 12.0 Å². The molecule has 0 amide bonds. The Balaban J connectivity index is 2.01. The summed E-state index contributed by atoms with van der Waals surface area (Å²) < 4.78 is 0. The van der Waals surface area contributed by atoms with E-state index < -0.39 is 0 Å². The van der Waals surface area contributed by atoms with Crippen molar-refractivity contribution in [2.75, 3.05) is 13.1 Å². The zero-order valence-corrected chi connectivity index (χ0v) is 8.29. The van der Waals surface area contributed by atoms with Gasteiger partial charge < -0.3 is 5.32 Å². The van der Waals surface area contributed by atoms with Gasteiger partial charge in [-0.2, -0.15) is 11.3 Å². The van der Waals surface area contributed by atoms with Crippen LogP contribution in [-0.4, -0.2) is 13.1 Å². The van der Waals surface area contributed by atoms with E-state index in [-0.39, 0.29) is 0 Å². The Morgan fingerprint density at radius 1 is 1.58 bits per heavy atom. The monoisotopic (exact) mass is 181 g/mol. The van der Waals surface area contributed by atoms with E-state index in [1.54, 1.807) is 11.3 Å². The van der Waals surface area contributed by atoms with E-state index in [0.29, 0.717) is 5.41 Å². The van der Waals surface area contributed by atoms with Crippen molar-refractivity contribution < 1.29 is 0 Å². The molecule has 0 bridgehead atoms. The Kier molecular flexibility index (Phi) is 2.20. The molecule has 1 saturated heterocycles. The minimum atomic E-state index is 0.584. The van der Waals surface area contributed by atoms with E-state index in [1.807, 2.05) is 0 Å². The average Bonchev–Trinajstić information content (AvgIpc) is 2.49. The molecule has 0 spiro atoms. The van der Waals surface area contributed by atoms with Crippen molar-refractivity contribution >= 4 is 11.3 Å². The van der Waals surface area contributed by atoms with Gasteiger partial charge in [0.15, 0.2) is 0 Å². The predicted octanol–water partition coefficient (Wildman–Crippen LogP) is 2.29. The number of thiophene rings is 1. The lowest BCUT2D eigenvalue weighted by atomic mass is 9.75. The summed E-state index contributed by atoms with van der Waals surface area (Å²) in [7, 11) is 0. The van der Waals surface area contributed by atoms with E-state index in [1.165, 1.54) is 31.5 Å². The van der Waals surface area contributed by atoms with Crippen LogP contribution < -0.4 is 5.32 Å². The molecule has 1 nitrogen and oxygen atoms in total. The number of nitrogens with one attached hydrogen (secondary N) is 1. The highest BCUT2D eigenvalue weighted by molar-refractivity contribution is 7.07. The SMILES string of the molecule is CCC1(Cc2ccsc2)CNC1. The first-order valence-corrected chi connectivity index (χ1v) is 5.51. The van der Waals surface area contributed by atoms with Gasteiger partial charge >= 0.3 is 0 Å². The summed E-state index contributed by atoms with van der Waals surface area (Å²) in [6, 6.07) is 2.25. The highest BCUT2D eigenvalue weighted by Gasteiger charge is 2.34. The third kappa shape index (κ3) is 1.41. The van der Waals surface area contributed by atoms with Crippen molar-refractivity contribution in [2.45, 2.75) is 19.8 Å². The van der Waals surface area contributed by atoms with Gasteiger partial charge in [-0.3, -0.25) is 0 Å². The van der Waals surface area contributed by atoms with Crippen molar-refractivity contribution in [3.63, 3.8) is 0 Å². The van der Waals surface area contributed by atoms with Gasteiger partial charge in [0.2, 0.25) is 0 Å². The lowest BCUT2D eigenvalue weighted by Gasteiger charge is -2.42. The first-order valence-electron chi connectivity index (χ1n) is 4.56. The molecule has 0 unspecified atom stereocenters. The van der Waals surface area contributed by atoms with Crippen LogP contribution in [0.5, 0.6) is 0 Å². The molecule has 1 fully saturated rings. The Hall–Kier alpha value is -0.340. The van der Waals surface area contributed by atoms with Crippen LogP contribution in [0.3, 0.4) is 0 Å². The first-order chi connectivity index (χ1) is 5.85. The molecule has 0 aromatic carbocycles. The van der Waals surface area contributed by atoms with Crippen molar-refractivity contribution in [3.05, 3.63) is 22.4 Å². The third-order valence-electron chi connectivity index (χ3n) is 2.91. The quantitative estimate of drug-likeness (QED) is 0.754. The molecule has 0 aliphatic carbocycles. The summed E-state index contributed by atoms with van der Waals surface area (Å²) in [5.41, 5.74) is 2.10. The zero-order chi connectivity index (χ0) is 8.44. The fourth-order valence-corrected chi connectivity index (χ4v) is 2.47. The number of rotatable bonds is 3. The Labute approximate surface area is 77.8 Å². The molecule has 1 aromatic rings. The molecule has 0 radical (unpaired) electrons. The summed E-state index contributed by atoms with van der Waals surface area (Å²) in [6.45, 7) is 4.71. The fraction of sp³-hybridized carbons (Fsp3) is 0.600.